The van der Waals surface area contributed by atoms with Gasteiger partial charge in [0.05, 0.1) is 0 Å². The molecule has 1 N–H and O–H groups in total. The monoisotopic (exact) mass is 494 g/mol. The number of halogens is 2. The van der Waals surface area contributed by atoms with Crippen LogP contribution < -0.4 is 10.1 Å². The predicted octanol–water partition coefficient (Wildman–Crippen LogP) is 5.20. The number of carbonyl (C=O) groups is 2. The molecule has 0 spiro atoms. The fraction of sp³-hybridized carbons (Fsp3) is 0.391. The second kappa shape index (κ2) is 10.8. The van der Waals surface area contributed by atoms with Crippen LogP contribution in [0.1, 0.15) is 39.7 Å². The molecule has 30 heavy (non-hydrogen) atoms. The number of nitrogens with one attached hydrogen (secondary N) is 1. The minimum absolute atomic E-state index is 0.158. The molecule has 2 aromatic rings. The molecule has 2 aromatic carbocycles. The van der Waals surface area contributed by atoms with Gasteiger partial charge in [0.1, 0.15) is 11.8 Å². The lowest BCUT2D eigenvalue weighted by Gasteiger charge is -2.33. The normalized spacial score (nSPS) is 12.2. The maximum atomic E-state index is 13.1. The SMILES string of the molecule is CCC(C(=O)NC(C)(C)C)N(Cc1ccc(Cl)cc1)C(=O)COc1ccc(Br)cc1. The lowest BCUT2D eigenvalue weighted by atomic mass is 10.1. The Morgan fingerprint density at radius 1 is 1.10 bits per heavy atom. The van der Waals surface area contributed by atoms with Gasteiger partial charge in [-0.15, -0.1) is 0 Å². The lowest BCUT2D eigenvalue weighted by molar-refractivity contribution is -0.143. The molecule has 0 aliphatic rings. The number of hydrogen-bond donors (Lipinski definition) is 1. The van der Waals surface area contributed by atoms with Gasteiger partial charge in [0.25, 0.3) is 5.91 Å². The Kier molecular flexibility index (Phi) is 8.74. The third-order valence-electron chi connectivity index (χ3n) is 4.33. The summed E-state index contributed by atoms with van der Waals surface area (Å²) in [5.74, 6) is 0.143. The number of hydrogen-bond acceptors (Lipinski definition) is 3. The topological polar surface area (TPSA) is 58.6 Å². The van der Waals surface area contributed by atoms with Gasteiger partial charge in [-0.05, 0) is 69.2 Å². The first-order valence-electron chi connectivity index (χ1n) is 9.83. The van der Waals surface area contributed by atoms with Crippen LogP contribution in [-0.4, -0.2) is 34.9 Å². The number of amides is 2. The molecule has 0 aliphatic heterocycles. The third kappa shape index (κ3) is 7.65. The summed E-state index contributed by atoms with van der Waals surface area (Å²) in [5.41, 5.74) is 0.492. The highest BCUT2D eigenvalue weighted by atomic mass is 79.9. The van der Waals surface area contributed by atoms with Crippen molar-refractivity contribution in [1.29, 1.82) is 0 Å². The summed E-state index contributed by atoms with van der Waals surface area (Å²) in [4.78, 5) is 27.6. The molecule has 5 nitrogen and oxygen atoms in total. The second-order valence-electron chi connectivity index (χ2n) is 8.05. The molecule has 0 bridgehead atoms. The molecular weight excluding hydrogens is 468 g/mol. The molecule has 1 unspecified atom stereocenters. The lowest BCUT2D eigenvalue weighted by Crippen LogP contribution is -2.54. The molecule has 0 aliphatic carbocycles. The van der Waals surface area contributed by atoms with Gasteiger partial charge in [-0.1, -0.05) is 46.6 Å². The van der Waals surface area contributed by atoms with Crippen LogP contribution >= 0.6 is 27.5 Å². The summed E-state index contributed by atoms with van der Waals surface area (Å²) in [6.07, 6.45) is 0.486. The van der Waals surface area contributed by atoms with Crippen LogP contribution in [0.3, 0.4) is 0 Å². The summed E-state index contributed by atoms with van der Waals surface area (Å²) >= 11 is 9.36. The third-order valence-corrected chi connectivity index (χ3v) is 5.11. The van der Waals surface area contributed by atoms with Crippen molar-refractivity contribution in [3.05, 3.63) is 63.6 Å². The molecule has 0 fully saturated rings. The van der Waals surface area contributed by atoms with Crippen LogP contribution in [-0.2, 0) is 16.1 Å². The van der Waals surface area contributed by atoms with Gasteiger partial charge in [0, 0.05) is 21.6 Å². The Morgan fingerprint density at radius 2 is 1.70 bits per heavy atom. The van der Waals surface area contributed by atoms with Crippen molar-refractivity contribution in [2.45, 2.75) is 52.2 Å². The zero-order valence-electron chi connectivity index (χ0n) is 17.7. The van der Waals surface area contributed by atoms with Gasteiger partial charge in [0.15, 0.2) is 6.61 Å². The molecule has 0 heterocycles. The minimum Gasteiger partial charge on any atom is -0.484 e. The zero-order chi connectivity index (χ0) is 22.3. The van der Waals surface area contributed by atoms with Gasteiger partial charge < -0.3 is 15.0 Å². The van der Waals surface area contributed by atoms with E-state index in [1.807, 2.05) is 52.0 Å². The van der Waals surface area contributed by atoms with Crippen LogP contribution in [0.25, 0.3) is 0 Å². The zero-order valence-corrected chi connectivity index (χ0v) is 20.1. The quantitative estimate of drug-likeness (QED) is 0.547. The van der Waals surface area contributed by atoms with Crippen LogP contribution in [0, 0.1) is 0 Å². The first-order valence-corrected chi connectivity index (χ1v) is 11.0. The van der Waals surface area contributed by atoms with Crippen LogP contribution in [0.4, 0.5) is 0 Å². The molecule has 0 radical (unpaired) electrons. The number of benzene rings is 2. The molecule has 0 saturated carbocycles. The minimum atomic E-state index is -0.610. The van der Waals surface area contributed by atoms with E-state index in [4.69, 9.17) is 16.3 Å². The van der Waals surface area contributed by atoms with Crippen molar-refractivity contribution < 1.29 is 14.3 Å². The fourth-order valence-electron chi connectivity index (χ4n) is 2.92. The standard InChI is InChI=1S/C23H28BrClN2O3/c1-5-20(22(29)26-23(2,3)4)27(14-16-6-10-18(25)11-7-16)21(28)15-30-19-12-8-17(24)9-13-19/h6-13,20H,5,14-15H2,1-4H3,(H,26,29). The summed E-state index contributed by atoms with van der Waals surface area (Å²) in [6.45, 7) is 7.77. The highest BCUT2D eigenvalue weighted by Gasteiger charge is 2.30. The van der Waals surface area contributed by atoms with E-state index in [-0.39, 0.29) is 25.0 Å². The predicted molar refractivity (Wildman–Crippen MR) is 124 cm³/mol. The number of nitrogens with zero attached hydrogens (tertiary/aromatic N) is 1. The van der Waals surface area contributed by atoms with E-state index in [1.54, 1.807) is 29.2 Å². The van der Waals surface area contributed by atoms with Gasteiger partial charge in [-0.25, -0.2) is 0 Å². The molecule has 0 saturated heterocycles. The molecular formula is C23H28BrClN2O3. The van der Waals surface area contributed by atoms with E-state index in [2.05, 4.69) is 21.2 Å². The van der Waals surface area contributed by atoms with E-state index in [0.717, 1.165) is 10.0 Å². The van der Waals surface area contributed by atoms with Crippen LogP contribution in [0.2, 0.25) is 5.02 Å². The Balaban J connectivity index is 2.21. The largest absolute Gasteiger partial charge is 0.484 e. The Morgan fingerprint density at radius 3 is 2.23 bits per heavy atom. The summed E-state index contributed by atoms with van der Waals surface area (Å²) in [6, 6.07) is 13.9. The first kappa shape index (κ1) is 24.2. The summed E-state index contributed by atoms with van der Waals surface area (Å²) in [5, 5.41) is 3.60. The average molecular weight is 496 g/mol. The molecule has 0 aromatic heterocycles. The smallest absolute Gasteiger partial charge is 0.261 e. The number of rotatable bonds is 8. The van der Waals surface area contributed by atoms with Crippen molar-refractivity contribution in [3.8, 4) is 5.75 Å². The maximum absolute atomic E-state index is 13.1. The van der Waals surface area contributed by atoms with E-state index in [0.29, 0.717) is 17.2 Å². The van der Waals surface area contributed by atoms with Crippen molar-refractivity contribution in [2.24, 2.45) is 0 Å². The second-order valence-corrected chi connectivity index (χ2v) is 9.41. The highest BCUT2D eigenvalue weighted by Crippen LogP contribution is 2.18. The van der Waals surface area contributed by atoms with E-state index in [9.17, 15) is 9.59 Å². The average Bonchev–Trinajstić information content (AvgIpc) is 2.67. The van der Waals surface area contributed by atoms with Crippen LogP contribution in [0.5, 0.6) is 5.75 Å². The number of ether oxygens (including phenoxy) is 1. The maximum Gasteiger partial charge on any atom is 0.261 e. The fourth-order valence-corrected chi connectivity index (χ4v) is 3.31. The van der Waals surface area contributed by atoms with Gasteiger partial charge in [0.2, 0.25) is 5.91 Å². The Labute approximate surface area is 191 Å². The van der Waals surface area contributed by atoms with E-state index < -0.39 is 11.6 Å². The highest BCUT2D eigenvalue weighted by molar-refractivity contribution is 9.10. The van der Waals surface area contributed by atoms with Crippen LogP contribution in [0.15, 0.2) is 53.0 Å². The summed E-state index contributed by atoms with van der Waals surface area (Å²) in [7, 11) is 0. The van der Waals surface area contributed by atoms with Gasteiger partial charge >= 0.3 is 0 Å². The molecule has 1 atom stereocenters. The number of carbonyl (C=O) groups excluding carboxylic acids is 2. The molecule has 2 rings (SSSR count). The van der Waals surface area contributed by atoms with Crippen molar-refractivity contribution in [1.82, 2.24) is 10.2 Å². The van der Waals surface area contributed by atoms with Gasteiger partial charge in [-0.3, -0.25) is 9.59 Å². The molecule has 162 valence electrons. The van der Waals surface area contributed by atoms with Gasteiger partial charge in [-0.2, -0.15) is 0 Å². The summed E-state index contributed by atoms with van der Waals surface area (Å²) < 4.78 is 6.60. The Hall–Kier alpha value is -2.05. The van der Waals surface area contributed by atoms with E-state index in [1.165, 1.54) is 0 Å². The Bertz CT molecular complexity index is 848. The van der Waals surface area contributed by atoms with Crippen molar-refractivity contribution >= 4 is 39.3 Å². The molecule has 2 amide bonds. The van der Waals surface area contributed by atoms with Crippen molar-refractivity contribution in [2.75, 3.05) is 6.61 Å². The van der Waals surface area contributed by atoms with Crippen molar-refractivity contribution in [3.63, 3.8) is 0 Å². The first-order chi connectivity index (χ1) is 14.1. The van der Waals surface area contributed by atoms with E-state index >= 15 is 0 Å². The molecule has 7 heteroatoms.